The quantitative estimate of drug-likeness (QED) is 0.699. The molecule has 1 rings (SSSR count). The van der Waals surface area contributed by atoms with Gasteiger partial charge in [-0.3, -0.25) is 0 Å². The van der Waals surface area contributed by atoms with Gasteiger partial charge in [0.1, 0.15) is 5.75 Å². The van der Waals surface area contributed by atoms with Gasteiger partial charge in [0, 0.05) is 5.02 Å². The molecule has 0 fully saturated rings. The van der Waals surface area contributed by atoms with Crippen LogP contribution in [0.4, 0.5) is 0 Å². The molecular formula is C10H12ClO. The molecule has 0 aliphatic carbocycles. The maximum atomic E-state index is 5.85. The van der Waals surface area contributed by atoms with Gasteiger partial charge in [0.15, 0.2) is 0 Å². The Morgan fingerprint density at radius 1 is 1.50 bits per heavy atom. The van der Waals surface area contributed by atoms with Crippen molar-refractivity contribution in [2.75, 3.05) is 6.61 Å². The Balaban J connectivity index is 2.69. The number of aryl methyl sites for hydroxylation is 1. The summed E-state index contributed by atoms with van der Waals surface area (Å²) >= 11 is 5.85. The Bertz CT molecular complexity index is 258. The SMILES string of the molecule is [CH2]CCOc1ccc(Cl)c(C)c1. The van der Waals surface area contributed by atoms with Gasteiger partial charge in [-0.2, -0.15) is 0 Å². The van der Waals surface area contributed by atoms with E-state index >= 15 is 0 Å². The second-order valence-electron chi connectivity index (χ2n) is 2.61. The molecule has 0 N–H and O–H groups in total. The molecule has 0 amide bonds. The Kier molecular flexibility index (Phi) is 3.42. The van der Waals surface area contributed by atoms with Crippen molar-refractivity contribution < 1.29 is 4.74 Å². The summed E-state index contributed by atoms with van der Waals surface area (Å²) in [6.07, 6.45) is 0.779. The van der Waals surface area contributed by atoms with Crippen molar-refractivity contribution in [2.24, 2.45) is 0 Å². The van der Waals surface area contributed by atoms with Gasteiger partial charge >= 0.3 is 0 Å². The highest BCUT2D eigenvalue weighted by molar-refractivity contribution is 6.31. The van der Waals surface area contributed by atoms with Crippen molar-refractivity contribution in [3.8, 4) is 5.75 Å². The van der Waals surface area contributed by atoms with E-state index in [0.717, 1.165) is 22.8 Å². The molecular weight excluding hydrogens is 172 g/mol. The van der Waals surface area contributed by atoms with Crippen molar-refractivity contribution in [3.05, 3.63) is 35.7 Å². The summed E-state index contributed by atoms with van der Waals surface area (Å²) in [7, 11) is 0. The number of hydrogen-bond acceptors (Lipinski definition) is 1. The van der Waals surface area contributed by atoms with Crippen molar-refractivity contribution in [3.63, 3.8) is 0 Å². The van der Waals surface area contributed by atoms with Crippen LogP contribution < -0.4 is 4.74 Å². The van der Waals surface area contributed by atoms with Crippen LogP contribution in [0.5, 0.6) is 5.75 Å². The third kappa shape index (κ3) is 2.42. The molecule has 0 aliphatic heterocycles. The first-order chi connectivity index (χ1) is 5.74. The number of ether oxygens (including phenoxy) is 1. The molecule has 65 valence electrons. The second kappa shape index (κ2) is 4.36. The molecule has 0 aromatic heterocycles. The largest absolute Gasteiger partial charge is 0.494 e. The minimum absolute atomic E-state index is 0.654. The van der Waals surface area contributed by atoms with Crippen LogP contribution in [0.3, 0.4) is 0 Å². The van der Waals surface area contributed by atoms with Crippen LogP contribution in [0.2, 0.25) is 5.02 Å². The first-order valence-corrected chi connectivity index (χ1v) is 4.30. The van der Waals surface area contributed by atoms with Crippen molar-refractivity contribution >= 4 is 11.6 Å². The average Bonchev–Trinajstić information content (AvgIpc) is 2.07. The fraction of sp³-hybridized carbons (Fsp3) is 0.300. The van der Waals surface area contributed by atoms with Crippen LogP contribution in [-0.4, -0.2) is 6.61 Å². The molecule has 12 heavy (non-hydrogen) atoms. The maximum absolute atomic E-state index is 5.85. The second-order valence-corrected chi connectivity index (χ2v) is 3.02. The minimum Gasteiger partial charge on any atom is -0.494 e. The van der Waals surface area contributed by atoms with E-state index in [1.807, 2.05) is 25.1 Å². The lowest BCUT2D eigenvalue weighted by molar-refractivity contribution is 0.324. The molecule has 1 aromatic carbocycles. The van der Waals surface area contributed by atoms with Gasteiger partial charge in [-0.1, -0.05) is 11.6 Å². The van der Waals surface area contributed by atoms with Gasteiger partial charge in [-0.15, -0.1) is 0 Å². The fourth-order valence-electron chi connectivity index (χ4n) is 0.897. The molecule has 0 heterocycles. The summed E-state index contributed by atoms with van der Waals surface area (Å²) in [5.41, 5.74) is 1.04. The van der Waals surface area contributed by atoms with Gasteiger partial charge in [0.05, 0.1) is 6.61 Å². The summed E-state index contributed by atoms with van der Waals surface area (Å²) < 4.78 is 5.37. The van der Waals surface area contributed by atoms with Crippen LogP contribution in [0, 0.1) is 13.8 Å². The van der Waals surface area contributed by atoms with E-state index in [9.17, 15) is 0 Å². The molecule has 0 saturated heterocycles. The van der Waals surface area contributed by atoms with Crippen LogP contribution in [0.25, 0.3) is 0 Å². The highest BCUT2D eigenvalue weighted by Gasteiger charge is 1.96. The van der Waals surface area contributed by atoms with Gasteiger partial charge < -0.3 is 4.74 Å². The lowest BCUT2D eigenvalue weighted by Gasteiger charge is -2.05. The number of hydrogen-bond donors (Lipinski definition) is 0. The van der Waals surface area contributed by atoms with Crippen molar-refractivity contribution in [2.45, 2.75) is 13.3 Å². The highest BCUT2D eigenvalue weighted by Crippen LogP contribution is 2.20. The summed E-state index contributed by atoms with van der Waals surface area (Å²) in [4.78, 5) is 0. The zero-order valence-corrected chi connectivity index (χ0v) is 7.90. The molecule has 0 saturated carbocycles. The lowest BCUT2D eigenvalue weighted by Crippen LogP contribution is -1.94. The van der Waals surface area contributed by atoms with E-state index in [0.29, 0.717) is 6.61 Å². The van der Waals surface area contributed by atoms with Crippen LogP contribution in [0.1, 0.15) is 12.0 Å². The summed E-state index contributed by atoms with van der Waals surface area (Å²) in [5.74, 6) is 0.862. The summed E-state index contributed by atoms with van der Waals surface area (Å²) in [6, 6.07) is 5.64. The Morgan fingerprint density at radius 2 is 2.25 bits per heavy atom. The molecule has 0 aliphatic rings. The first-order valence-electron chi connectivity index (χ1n) is 3.92. The number of benzene rings is 1. The Hall–Kier alpha value is -0.690. The molecule has 0 bridgehead atoms. The Labute approximate surface area is 78.3 Å². The number of halogens is 1. The molecule has 1 nitrogen and oxygen atoms in total. The van der Waals surface area contributed by atoms with Crippen LogP contribution in [-0.2, 0) is 0 Å². The monoisotopic (exact) mass is 183 g/mol. The number of rotatable bonds is 3. The summed E-state index contributed by atoms with van der Waals surface area (Å²) in [5, 5.41) is 0.775. The lowest BCUT2D eigenvalue weighted by atomic mass is 10.2. The van der Waals surface area contributed by atoms with Crippen molar-refractivity contribution in [1.29, 1.82) is 0 Å². The van der Waals surface area contributed by atoms with E-state index in [4.69, 9.17) is 16.3 Å². The predicted molar refractivity (Wildman–Crippen MR) is 51.7 cm³/mol. The third-order valence-corrected chi connectivity index (χ3v) is 1.97. The van der Waals surface area contributed by atoms with Gasteiger partial charge in [0.25, 0.3) is 0 Å². The molecule has 1 aromatic rings. The average molecular weight is 184 g/mol. The standard InChI is InChI=1S/C10H12ClO/c1-3-6-12-9-4-5-10(11)8(2)7-9/h4-5,7H,1,3,6H2,2H3. The van der Waals surface area contributed by atoms with E-state index < -0.39 is 0 Å². The molecule has 1 radical (unpaired) electrons. The van der Waals surface area contributed by atoms with E-state index in [1.165, 1.54) is 0 Å². The zero-order chi connectivity index (χ0) is 8.97. The molecule has 0 spiro atoms. The first kappa shape index (κ1) is 9.40. The van der Waals surface area contributed by atoms with Crippen molar-refractivity contribution in [1.82, 2.24) is 0 Å². The van der Waals surface area contributed by atoms with Crippen LogP contribution >= 0.6 is 11.6 Å². The van der Waals surface area contributed by atoms with Gasteiger partial charge in [-0.05, 0) is 44.0 Å². The van der Waals surface area contributed by atoms with Gasteiger partial charge in [0.2, 0.25) is 0 Å². The maximum Gasteiger partial charge on any atom is 0.119 e. The van der Waals surface area contributed by atoms with E-state index in [2.05, 4.69) is 6.92 Å². The third-order valence-electron chi connectivity index (χ3n) is 1.54. The summed E-state index contributed by atoms with van der Waals surface area (Å²) in [6.45, 7) is 6.30. The van der Waals surface area contributed by atoms with E-state index in [-0.39, 0.29) is 0 Å². The zero-order valence-electron chi connectivity index (χ0n) is 7.14. The van der Waals surface area contributed by atoms with E-state index in [1.54, 1.807) is 0 Å². The fourth-order valence-corrected chi connectivity index (χ4v) is 1.01. The predicted octanol–water partition coefficient (Wildman–Crippen LogP) is 3.25. The Morgan fingerprint density at radius 3 is 2.83 bits per heavy atom. The molecule has 0 unspecified atom stereocenters. The smallest absolute Gasteiger partial charge is 0.119 e. The molecule has 0 atom stereocenters. The van der Waals surface area contributed by atoms with Crippen LogP contribution in [0.15, 0.2) is 18.2 Å². The normalized spacial score (nSPS) is 9.92. The highest BCUT2D eigenvalue weighted by atomic mass is 35.5. The molecule has 2 heteroatoms. The topological polar surface area (TPSA) is 9.23 Å². The minimum atomic E-state index is 0.654. The van der Waals surface area contributed by atoms with Gasteiger partial charge in [-0.25, -0.2) is 0 Å².